The number of nitrogens with two attached hydrogens (primary N) is 1. The van der Waals surface area contributed by atoms with Crippen molar-refractivity contribution in [1.29, 1.82) is 0 Å². The van der Waals surface area contributed by atoms with Crippen LogP contribution in [0.3, 0.4) is 0 Å². The molecule has 0 amide bonds. The fraction of sp³-hybridized carbons (Fsp3) is 0.538. The maximum atomic E-state index is 13.8. The summed E-state index contributed by atoms with van der Waals surface area (Å²) in [6, 6.07) is 1.50. The Morgan fingerprint density at radius 2 is 1.95 bits per heavy atom. The van der Waals surface area contributed by atoms with Crippen LogP contribution in [0.15, 0.2) is 17.0 Å². The van der Waals surface area contributed by atoms with Gasteiger partial charge in [0.1, 0.15) is 16.4 Å². The van der Waals surface area contributed by atoms with Gasteiger partial charge in [-0.2, -0.15) is 0 Å². The lowest BCUT2D eigenvalue weighted by Gasteiger charge is -2.31. The van der Waals surface area contributed by atoms with Gasteiger partial charge in [-0.3, -0.25) is 0 Å². The van der Waals surface area contributed by atoms with E-state index in [0.29, 0.717) is 12.8 Å². The Morgan fingerprint density at radius 3 is 2.52 bits per heavy atom. The van der Waals surface area contributed by atoms with Crippen molar-refractivity contribution in [3.05, 3.63) is 23.8 Å². The molecule has 0 atom stereocenters. The Balaban J connectivity index is 2.15. The summed E-state index contributed by atoms with van der Waals surface area (Å²) in [5.41, 5.74) is 4.42. The van der Waals surface area contributed by atoms with E-state index in [2.05, 4.69) is 9.62 Å². The van der Waals surface area contributed by atoms with Crippen molar-refractivity contribution in [2.45, 2.75) is 30.7 Å². The SMILES string of the molecule is CCN1CCC(NS(=O)(=O)c2ccc(F)c(N)c2F)CC1. The number of nitrogen functional groups attached to an aromatic ring is 1. The molecule has 8 heteroatoms. The molecule has 1 aromatic carbocycles. The van der Waals surface area contributed by atoms with Crippen molar-refractivity contribution in [3.63, 3.8) is 0 Å². The number of hydrogen-bond acceptors (Lipinski definition) is 4. The van der Waals surface area contributed by atoms with Crippen LogP contribution in [-0.4, -0.2) is 39.0 Å². The van der Waals surface area contributed by atoms with E-state index in [1.54, 1.807) is 0 Å². The number of nitrogens with one attached hydrogen (secondary N) is 1. The number of benzene rings is 1. The minimum atomic E-state index is -4.04. The molecule has 0 aromatic heterocycles. The van der Waals surface area contributed by atoms with E-state index in [0.717, 1.165) is 31.8 Å². The molecule has 1 aliphatic rings. The van der Waals surface area contributed by atoms with E-state index >= 15 is 0 Å². The second-order valence-corrected chi connectivity index (χ2v) is 6.79. The molecule has 1 heterocycles. The van der Waals surface area contributed by atoms with Gasteiger partial charge in [0, 0.05) is 6.04 Å². The summed E-state index contributed by atoms with van der Waals surface area (Å²) in [5, 5.41) is 0. The zero-order valence-electron chi connectivity index (χ0n) is 11.8. The van der Waals surface area contributed by atoms with Gasteiger partial charge in [0.15, 0.2) is 5.82 Å². The second kappa shape index (κ2) is 6.25. The number of rotatable bonds is 4. The first-order valence-corrected chi connectivity index (χ1v) is 8.31. The molecule has 1 fully saturated rings. The molecule has 0 saturated carbocycles. The number of piperidine rings is 1. The summed E-state index contributed by atoms with van der Waals surface area (Å²) in [7, 11) is -4.04. The van der Waals surface area contributed by atoms with E-state index in [1.165, 1.54) is 0 Å². The average molecular weight is 319 g/mol. The molecule has 3 N–H and O–H groups in total. The fourth-order valence-corrected chi connectivity index (χ4v) is 3.80. The Hall–Kier alpha value is -1.25. The quantitative estimate of drug-likeness (QED) is 0.821. The summed E-state index contributed by atoms with van der Waals surface area (Å²) in [4.78, 5) is 1.60. The predicted molar refractivity (Wildman–Crippen MR) is 76.2 cm³/mol. The van der Waals surface area contributed by atoms with Crippen LogP contribution < -0.4 is 10.5 Å². The third-order valence-electron chi connectivity index (χ3n) is 3.74. The van der Waals surface area contributed by atoms with Crippen LogP contribution in [0.4, 0.5) is 14.5 Å². The highest BCUT2D eigenvalue weighted by Gasteiger charge is 2.27. The highest BCUT2D eigenvalue weighted by molar-refractivity contribution is 7.89. The van der Waals surface area contributed by atoms with Crippen molar-refractivity contribution < 1.29 is 17.2 Å². The summed E-state index contributed by atoms with van der Waals surface area (Å²) in [6.45, 7) is 4.54. The number of likely N-dealkylation sites (tertiary alicyclic amines) is 1. The number of anilines is 1. The maximum Gasteiger partial charge on any atom is 0.243 e. The van der Waals surface area contributed by atoms with Gasteiger partial charge >= 0.3 is 0 Å². The van der Waals surface area contributed by atoms with Crippen molar-refractivity contribution in [2.75, 3.05) is 25.4 Å². The van der Waals surface area contributed by atoms with Crippen molar-refractivity contribution >= 4 is 15.7 Å². The van der Waals surface area contributed by atoms with Crippen LogP contribution >= 0.6 is 0 Å². The topological polar surface area (TPSA) is 75.4 Å². The van der Waals surface area contributed by atoms with E-state index in [-0.39, 0.29) is 6.04 Å². The first kappa shape index (κ1) is 16.1. The molecule has 0 bridgehead atoms. The molecule has 1 aromatic rings. The number of nitrogens with zero attached hydrogens (tertiary/aromatic N) is 1. The van der Waals surface area contributed by atoms with E-state index in [9.17, 15) is 17.2 Å². The molecule has 0 unspecified atom stereocenters. The summed E-state index contributed by atoms with van der Waals surface area (Å²) in [6.07, 6.45) is 1.32. The average Bonchev–Trinajstić information content (AvgIpc) is 2.45. The van der Waals surface area contributed by atoms with Crippen LogP contribution in [0.2, 0.25) is 0 Å². The molecule has 21 heavy (non-hydrogen) atoms. The molecular formula is C13H19F2N3O2S. The summed E-state index contributed by atoms with van der Waals surface area (Å²) in [5.74, 6) is -2.21. The maximum absolute atomic E-state index is 13.8. The van der Waals surface area contributed by atoms with Crippen LogP contribution in [0.5, 0.6) is 0 Å². The van der Waals surface area contributed by atoms with Crippen molar-refractivity contribution in [1.82, 2.24) is 9.62 Å². The molecule has 5 nitrogen and oxygen atoms in total. The minimum absolute atomic E-state index is 0.247. The fourth-order valence-electron chi connectivity index (χ4n) is 2.41. The lowest BCUT2D eigenvalue weighted by molar-refractivity contribution is 0.217. The van der Waals surface area contributed by atoms with E-state index in [4.69, 9.17) is 5.73 Å². The smallest absolute Gasteiger partial charge is 0.243 e. The van der Waals surface area contributed by atoms with Gasteiger partial charge in [-0.1, -0.05) is 6.92 Å². The normalized spacial score (nSPS) is 18.0. The molecule has 1 aliphatic heterocycles. The molecule has 1 saturated heterocycles. The van der Waals surface area contributed by atoms with Crippen LogP contribution in [0, 0.1) is 11.6 Å². The molecule has 0 spiro atoms. The minimum Gasteiger partial charge on any atom is -0.394 e. The van der Waals surface area contributed by atoms with E-state index < -0.39 is 32.2 Å². The Kier molecular flexibility index (Phi) is 4.80. The lowest BCUT2D eigenvalue weighted by Crippen LogP contribution is -2.44. The monoisotopic (exact) mass is 319 g/mol. The Labute approximate surface area is 123 Å². The molecule has 0 radical (unpaired) electrons. The number of sulfonamides is 1. The zero-order valence-corrected chi connectivity index (χ0v) is 12.6. The van der Waals surface area contributed by atoms with Crippen LogP contribution in [-0.2, 0) is 10.0 Å². The van der Waals surface area contributed by atoms with Crippen molar-refractivity contribution in [2.24, 2.45) is 0 Å². The first-order chi connectivity index (χ1) is 9.85. The number of hydrogen-bond donors (Lipinski definition) is 2. The largest absolute Gasteiger partial charge is 0.394 e. The van der Waals surface area contributed by atoms with Gasteiger partial charge in [0.2, 0.25) is 10.0 Å². The molecular weight excluding hydrogens is 300 g/mol. The molecule has 2 rings (SSSR count). The van der Waals surface area contributed by atoms with Gasteiger partial charge in [-0.25, -0.2) is 21.9 Å². The molecule has 0 aliphatic carbocycles. The Morgan fingerprint density at radius 1 is 1.33 bits per heavy atom. The standard InChI is InChI=1S/C13H19F2N3O2S/c1-2-18-7-5-9(6-8-18)17-21(19,20)11-4-3-10(14)13(16)12(11)15/h3-4,9,17H,2,5-8,16H2,1H3. The van der Waals surface area contributed by atoms with Crippen LogP contribution in [0.1, 0.15) is 19.8 Å². The summed E-state index contributed by atoms with van der Waals surface area (Å²) < 4.78 is 53.8. The zero-order chi connectivity index (χ0) is 15.6. The van der Waals surface area contributed by atoms with Crippen molar-refractivity contribution in [3.8, 4) is 0 Å². The highest BCUT2D eigenvalue weighted by atomic mass is 32.2. The third kappa shape index (κ3) is 3.50. The molecule has 118 valence electrons. The van der Waals surface area contributed by atoms with Gasteiger partial charge in [0.05, 0.1) is 0 Å². The third-order valence-corrected chi connectivity index (χ3v) is 5.28. The van der Waals surface area contributed by atoms with Crippen LogP contribution in [0.25, 0.3) is 0 Å². The second-order valence-electron chi connectivity index (χ2n) is 5.10. The van der Waals surface area contributed by atoms with Gasteiger partial charge in [-0.15, -0.1) is 0 Å². The van der Waals surface area contributed by atoms with Gasteiger partial charge in [0.25, 0.3) is 0 Å². The number of halogens is 2. The van der Waals surface area contributed by atoms with E-state index in [1.807, 2.05) is 6.92 Å². The first-order valence-electron chi connectivity index (χ1n) is 6.83. The predicted octanol–water partition coefficient (Wildman–Crippen LogP) is 1.31. The highest BCUT2D eigenvalue weighted by Crippen LogP contribution is 2.23. The Bertz CT molecular complexity index is 614. The lowest BCUT2D eigenvalue weighted by atomic mass is 10.1. The van der Waals surface area contributed by atoms with Gasteiger partial charge < -0.3 is 10.6 Å². The summed E-state index contributed by atoms with van der Waals surface area (Å²) >= 11 is 0. The van der Waals surface area contributed by atoms with Gasteiger partial charge in [-0.05, 0) is 44.6 Å².